The number of aromatic nitrogens is 3. The van der Waals surface area contributed by atoms with Gasteiger partial charge in [-0.25, -0.2) is 9.97 Å². The van der Waals surface area contributed by atoms with E-state index >= 15 is 0 Å². The van der Waals surface area contributed by atoms with E-state index < -0.39 is 4.92 Å². The van der Waals surface area contributed by atoms with Crippen LogP contribution in [0.5, 0.6) is 5.75 Å². The number of anilines is 1. The second-order valence-corrected chi connectivity index (χ2v) is 3.78. The Balaban J connectivity index is 2.54. The molecule has 104 valence electrons. The average molecular weight is 275 g/mol. The fourth-order valence-electron chi connectivity index (χ4n) is 1.64. The van der Waals surface area contributed by atoms with E-state index in [0.717, 1.165) is 0 Å². The van der Waals surface area contributed by atoms with Crippen molar-refractivity contribution in [2.75, 3.05) is 19.0 Å². The molecule has 0 aliphatic rings. The first-order valence-electron chi connectivity index (χ1n) is 5.93. The Labute approximate surface area is 115 Å². The van der Waals surface area contributed by atoms with Gasteiger partial charge in [-0.15, -0.1) is 0 Å². The van der Waals surface area contributed by atoms with Crippen LogP contribution in [0.3, 0.4) is 0 Å². The third kappa shape index (κ3) is 2.79. The molecule has 8 nitrogen and oxygen atoms in total. The molecule has 2 heterocycles. The Morgan fingerprint density at radius 1 is 1.40 bits per heavy atom. The van der Waals surface area contributed by atoms with E-state index in [-0.39, 0.29) is 11.4 Å². The normalized spacial score (nSPS) is 10.1. The van der Waals surface area contributed by atoms with Crippen molar-refractivity contribution in [3.63, 3.8) is 0 Å². The number of hydrogen-bond acceptors (Lipinski definition) is 7. The molecule has 2 aromatic heterocycles. The predicted molar refractivity (Wildman–Crippen MR) is 72.6 cm³/mol. The summed E-state index contributed by atoms with van der Waals surface area (Å²) in [4.78, 5) is 22.5. The number of nitrogens with zero attached hydrogens (tertiary/aromatic N) is 4. The van der Waals surface area contributed by atoms with Gasteiger partial charge < -0.3 is 10.1 Å². The van der Waals surface area contributed by atoms with Gasteiger partial charge in [0.2, 0.25) is 5.95 Å². The maximum atomic E-state index is 11.1. The van der Waals surface area contributed by atoms with Crippen LogP contribution >= 0.6 is 0 Å². The van der Waals surface area contributed by atoms with Gasteiger partial charge in [0.15, 0.2) is 5.69 Å². The molecule has 0 aromatic carbocycles. The van der Waals surface area contributed by atoms with E-state index in [1.54, 1.807) is 19.3 Å². The fraction of sp³-hybridized carbons (Fsp3) is 0.250. The Kier molecular flexibility index (Phi) is 4.04. The molecular formula is C12H13N5O3. The van der Waals surface area contributed by atoms with Crippen molar-refractivity contribution in [2.24, 2.45) is 0 Å². The molecule has 0 saturated heterocycles. The van der Waals surface area contributed by atoms with Gasteiger partial charge in [-0.3, -0.25) is 15.1 Å². The molecule has 0 bridgehead atoms. The molecule has 0 saturated carbocycles. The van der Waals surface area contributed by atoms with E-state index in [9.17, 15) is 10.1 Å². The van der Waals surface area contributed by atoms with Crippen LogP contribution in [0, 0.1) is 10.1 Å². The molecule has 0 amide bonds. The summed E-state index contributed by atoms with van der Waals surface area (Å²) in [5, 5.41) is 13.8. The first-order valence-corrected chi connectivity index (χ1v) is 5.93. The quantitative estimate of drug-likeness (QED) is 0.656. The summed E-state index contributed by atoms with van der Waals surface area (Å²) in [6.07, 6.45) is 4.21. The van der Waals surface area contributed by atoms with Gasteiger partial charge in [0.25, 0.3) is 0 Å². The minimum atomic E-state index is -0.526. The van der Waals surface area contributed by atoms with Crippen LogP contribution in [-0.4, -0.2) is 33.5 Å². The van der Waals surface area contributed by atoms with E-state index in [4.69, 9.17) is 4.74 Å². The summed E-state index contributed by atoms with van der Waals surface area (Å²) >= 11 is 0. The standard InChI is InChI=1S/C12H13N5O3/c1-3-20-9-4-8(5-14-6-9)11-10(17(18)19)7-15-12(13-2)16-11/h4-7H,3H2,1-2H3,(H,13,15,16). The van der Waals surface area contributed by atoms with E-state index in [0.29, 0.717) is 23.9 Å². The molecule has 0 fully saturated rings. The minimum absolute atomic E-state index is 0.181. The maximum Gasteiger partial charge on any atom is 0.313 e. The molecule has 0 spiro atoms. The number of nitrogens with one attached hydrogen (secondary N) is 1. The van der Waals surface area contributed by atoms with Crippen LogP contribution in [-0.2, 0) is 0 Å². The Morgan fingerprint density at radius 3 is 2.85 bits per heavy atom. The molecule has 2 aromatic rings. The topological polar surface area (TPSA) is 103 Å². The zero-order valence-corrected chi connectivity index (χ0v) is 11.0. The summed E-state index contributed by atoms with van der Waals surface area (Å²) < 4.78 is 5.33. The van der Waals surface area contributed by atoms with Gasteiger partial charge in [-0.2, -0.15) is 0 Å². The summed E-state index contributed by atoms with van der Waals surface area (Å²) in [6.45, 7) is 2.33. The third-order valence-corrected chi connectivity index (χ3v) is 2.49. The van der Waals surface area contributed by atoms with Gasteiger partial charge in [0.05, 0.1) is 17.7 Å². The highest BCUT2D eigenvalue weighted by atomic mass is 16.6. The number of hydrogen-bond donors (Lipinski definition) is 1. The minimum Gasteiger partial charge on any atom is -0.492 e. The molecule has 8 heteroatoms. The Bertz CT molecular complexity index is 632. The molecule has 1 N–H and O–H groups in total. The van der Waals surface area contributed by atoms with Gasteiger partial charge >= 0.3 is 5.69 Å². The lowest BCUT2D eigenvalue weighted by Gasteiger charge is -2.06. The monoisotopic (exact) mass is 275 g/mol. The summed E-state index contributed by atoms with van der Waals surface area (Å²) in [5.74, 6) is 0.830. The zero-order valence-electron chi connectivity index (χ0n) is 11.0. The summed E-state index contributed by atoms with van der Waals surface area (Å²) in [7, 11) is 1.64. The van der Waals surface area contributed by atoms with Crippen molar-refractivity contribution in [1.82, 2.24) is 15.0 Å². The second kappa shape index (κ2) is 5.91. The predicted octanol–water partition coefficient (Wildman–Crippen LogP) is 1.89. The highest BCUT2D eigenvalue weighted by Gasteiger charge is 2.19. The van der Waals surface area contributed by atoms with E-state index in [1.165, 1.54) is 12.4 Å². The SMILES string of the molecule is CCOc1cncc(-c2nc(NC)ncc2[N+](=O)[O-])c1. The van der Waals surface area contributed by atoms with Crippen molar-refractivity contribution < 1.29 is 9.66 Å². The second-order valence-electron chi connectivity index (χ2n) is 3.78. The highest BCUT2D eigenvalue weighted by Crippen LogP contribution is 2.29. The molecular weight excluding hydrogens is 262 g/mol. The van der Waals surface area contributed by atoms with Gasteiger partial charge in [-0.1, -0.05) is 0 Å². The smallest absolute Gasteiger partial charge is 0.313 e. The molecule has 2 rings (SSSR count). The van der Waals surface area contributed by atoms with E-state index in [2.05, 4.69) is 20.3 Å². The van der Waals surface area contributed by atoms with Crippen molar-refractivity contribution in [3.05, 3.63) is 34.8 Å². The lowest BCUT2D eigenvalue weighted by Crippen LogP contribution is -2.02. The van der Waals surface area contributed by atoms with Crippen LogP contribution in [0.15, 0.2) is 24.7 Å². The van der Waals surface area contributed by atoms with Crippen LogP contribution in [0.1, 0.15) is 6.92 Å². The van der Waals surface area contributed by atoms with Crippen LogP contribution in [0.2, 0.25) is 0 Å². The number of rotatable bonds is 5. The van der Waals surface area contributed by atoms with Crippen molar-refractivity contribution in [3.8, 4) is 17.0 Å². The van der Waals surface area contributed by atoms with Crippen molar-refractivity contribution >= 4 is 11.6 Å². The number of ether oxygens (including phenoxy) is 1. The number of nitro groups is 1. The molecule has 0 aliphatic carbocycles. The first kappa shape index (κ1) is 13.7. The van der Waals surface area contributed by atoms with Crippen LogP contribution in [0.4, 0.5) is 11.6 Å². The lowest BCUT2D eigenvalue weighted by molar-refractivity contribution is -0.384. The van der Waals surface area contributed by atoms with Crippen LogP contribution in [0.25, 0.3) is 11.3 Å². The van der Waals surface area contributed by atoms with Gasteiger partial charge in [0.1, 0.15) is 11.9 Å². The van der Waals surface area contributed by atoms with Crippen molar-refractivity contribution in [1.29, 1.82) is 0 Å². The molecule has 20 heavy (non-hydrogen) atoms. The number of pyridine rings is 1. The fourth-order valence-corrected chi connectivity index (χ4v) is 1.64. The van der Waals surface area contributed by atoms with Gasteiger partial charge in [0, 0.05) is 18.8 Å². The average Bonchev–Trinajstić information content (AvgIpc) is 2.47. The first-order chi connectivity index (χ1) is 9.65. The summed E-state index contributed by atoms with van der Waals surface area (Å²) in [5.41, 5.74) is 0.518. The molecule has 0 aliphatic heterocycles. The maximum absolute atomic E-state index is 11.1. The van der Waals surface area contributed by atoms with Crippen molar-refractivity contribution in [2.45, 2.75) is 6.92 Å². The molecule has 0 unspecified atom stereocenters. The highest BCUT2D eigenvalue weighted by molar-refractivity contribution is 5.70. The third-order valence-electron chi connectivity index (χ3n) is 2.49. The molecule has 0 atom stereocenters. The lowest BCUT2D eigenvalue weighted by atomic mass is 10.2. The van der Waals surface area contributed by atoms with Crippen LogP contribution < -0.4 is 10.1 Å². The Morgan fingerprint density at radius 2 is 2.20 bits per heavy atom. The largest absolute Gasteiger partial charge is 0.492 e. The Hall–Kier alpha value is -2.77. The van der Waals surface area contributed by atoms with Gasteiger partial charge in [-0.05, 0) is 13.0 Å². The molecule has 0 radical (unpaired) electrons. The van der Waals surface area contributed by atoms with E-state index in [1.807, 2.05) is 6.92 Å². The summed E-state index contributed by atoms with van der Waals surface area (Å²) in [6, 6.07) is 1.66. The zero-order chi connectivity index (χ0) is 14.5.